The summed E-state index contributed by atoms with van der Waals surface area (Å²) in [7, 11) is 0. The Labute approximate surface area is 135 Å². The number of anilines is 1. The van der Waals surface area contributed by atoms with Gasteiger partial charge in [0.1, 0.15) is 12.4 Å². The molecule has 0 spiro atoms. The van der Waals surface area contributed by atoms with E-state index in [-0.39, 0.29) is 11.5 Å². The molecule has 0 aliphatic carbocycles. The summed E-state index contributed by atoms with van der Waals surface area (Å²) >= 11 is 1.49. The van der Waals surface area contributed by atoms with Crippen molar-refractivity contribution in [1.82, 2.24) is 0 Å². The molecule has 7 heteroatoms. The van der Waals surface area contributed by atoms with Gasteiger partial charge in [0.2, 0.25) is 11.2 Å². The molecule has 4 N–H and O–H groups in total. The first-order chi connectivity index (χ1) is 11.2. The first-order valence-corrected chi connectivity index (χ1v) is 7.85. The zero-order chi connectivity index (χ0) is 16.2. The molecule has 0 aliphatic rings. The zero-order valence-electron chi connectivity index (χ0n) is 12.0. The number of aromatic nitrogens is 1. The minimum absolute atomic E-state index is 0.0669. The van der Waals surface area contributed by atoms with Crippen LogP contribution < -0.4 is 15.7 Å². The highest BCUT2D eigenvalue weighted by molar-refractivity contribution is 7.08. The van der Waals surface area contributed by atoms with Crippen molar-refractivity contribution in [2.24, 2.45) is 0 Å². The summed E-state index contributed by atoms with van der Waals surface area (Å²) in [6.45, 7) is -0.420. The van der Waals surface area contributed by atoms with Crippen molar-refractivity contribution in [3.63, 3.8) is 0 Å². The highest BCUT2D eigenvalue weighted by Gasteiger charge is 2.27. The molecule has 1 atom stereocenters. The van der Waals surface area contributed by atoms with E-state index < -0.39 is 23.8 Å². The van der Waals surface area contributed by atoms with Crippen LogP contribution in [0.4, 0.5) is 5.82 Å². The third-order valence-corrected chi connectivity index (χ3v) is 4.00. The van der Waals surface area contributed by atoms with Crippen molar-refractivity contribution in [3.8, 4) is 5.75 Å². The number of rotatable bonds is 5. The molecule has 3 rings (SSSR count). The van der Waals surface area contributed by atoms with E-state index in [1.807, 2.05) is 35.0 Å². The third kappa shape index (κ3) is 3.25. The highest BCUT2D eigenvalue weighted by atomic mass is 32.1. The van der Waals surface area contributed by atoms with Crippen LogP contribution in [-0.2, 0) is 6.61 Å². The first kappa shape index (κ1) is 15.3. The van der Waals surface area contributed by atoms with Gasteiger partial charge < -0.3 is 14.6 Å². The summed E-state index contributed by atoms with van der Waals surface area (Å²) in [4.78, 5) is 14.9. The van der Waals surface area contributed by atoms with E-state index in [4.69, 9.17) is 4.42 Å². The lowest BCUT2D eigenvalue weighted by molar-refractivity contribution is -0.361. The maximum absolute atomic E-state index is 11.9. The second-order valence-electron chi connectivity index (χ2n) is 4.86. The number of aromatic amines is 1. The van der Waals surface area contributed by atoms with Crippen LogP contribution in [0.5, 0.6) is 5.75 Å². The molecule has 0 saturated carbocycles. The van der Waals surface area contributed by atoms with Gasteiger partial charge in [0, 0.05) is 17.7 Å². The van der Waals surface area contributed by atoms with Crippen LogP contribution in [0.15, 0.2) is 56.5 Å². The van der Waals surface area contributed by atoms with Crippen molar-refractivity contribution in [3.05, 3.63) is 74.6 Å². The van der Waals surface area contributed by atoms with Gasteiger partial charge in [-0.05, 0) is 22.9 Å². The largest absolute Gasteiger partial charge is 0.502 e. The van der Waals surface area contributed by atoms with E-state index >= 15 is 0 Å². The van der Waals surface area contributed by atoms with E-state index in [0.717, 1.165) is 11.6 Å². The Balaban J connectivity index is 2.09. The van der Waals surface area contributed by atoms with Gasteiger partial charge in [-0.25, -0.2) is 4.98 Å². The lowest BCUT2D eigenvalue weighted by Crippen LogP contribution is -2.20. The lowest BCUT2D eigenvalue weighted by Gasteiger charge is -2.14. The molecule has 0 bridgehead atoms. The van der Waals surface area contributed by atoms with Crippen molar-refractivity contribution < 1.29 is 19.6 Å². The fourth-order valence-electron chi connectivity index (χ4n) is 2.21. The summed E-state index contributed by atoms with van der Waals surface area (Å²) in [6, 6.07) is 7.90. The number of pyridine rings is 1. The molecule has 0 aromatic carbocycles. The first-order valence-electron chi connectivity index (χ1n) is 6.91. The van der Waals surface area contributed by atoms with E-state index in [1.54, 1.807) is 6.20 Å². The Bertz CT molecular complexity index is 831. The third-order valence-electron chi connectivity index (χ3n) is 3.30. The SMILES string of the molecule is O=c1cc(CO)oc([C@H](Nc2cccc[nH+]2)c2ccsc2)c1O. The van der Waals surface area contributed by atoms with Gasteiger partial charge in [0.25, 0.3) is 5.82 Å². The number of nitrogens with one attached hydrogen (secondary N) is 2. The smallest absolute Gasteiger partial charge is 0.273 e. The number of aromatic hydroxyl groups is 1. The summed E-state index contributed by atoms with van der Waals surface area (Å²) in [5.74, 6) is 0.390. The van der Waals surface area contributed by atoms with Gasteiger partial charge in [0.05, 0.1) is 6.20 Å². The number of aliphatic hydroxyl groups excluding tert-OH is 1. The molecule has 3 aromatic rings. The Morgan fingerprint density at radius 3 is 2.87 bits per heavy atom. The molecule has 0 saturated heterocycles. The average molecular weight is 331 g/mol. The van der Waals surface area contributed by atoms with Crippen LogP contribution in [0, 0.1) is 0 Å². The van der Waals surface area contributed by atoms with Gasteiger partial charge in [-0.1, -0.05) is 6.07 Å². The van der Waals surface area contributed by atoms with Crippen LogP contribution in [0.3, 0.4) is 0 Å². The summed E-state index contributed by atoms with van der Waals surface area (Å²) < 4.78 is 5.52. The molecule has 3 heterocycles. The minimum atomic E-state index is -0.589. The fraction of sp³-hybridized carbons (Fsp3) is 0.125. The molecule has 0 radical (unpaired) electrons. The zero-order valence-corrected chi connectivity index (χ0v) is 12.8. The Kier molecular flexibility index (Phi) is 4.40. The second-order valence-corrected chi connectivity index (χ2v) is 5.64. The van der Waals surface area contributed by atoms with Gasteiger partial charge >= 0.3 is 0 Å². The van der Waals surface area contributed by atoms with E-state index in [0.29, 0.717) is 5.82 Å². The topological polar surface area (TPSA) is 96.8 Å². The number of aliphatic hydroxyl groups is 1. The fourth-order valence-corrected chi connectivity index (χ4v) is 2.89. The van der Waals surface area contributed by atoms with Crippen LogP contribution >= 0.6 is 11.3 Å². The quantitative estimate of drug-likeness (QED) is 0.663. The van der Waals surface area contributed by atoms with Gasteiger partial charge in [-0.2, -0.15) is 11.3 Å². The number of hydrogen-bond donors (Lipinski definition) is 3. The second kappa shape index (κ2) is 6.64. The Morgan fingerprint density at radius 2 is 2.22 bits per heavy atom. The van der Waals surface area contributed by atoms with Crippen LogP contribution in [0.25, 0.3) is 0 Å². The predicted molar refractivity (Wildman–Crippen MR) is 85.3 cm³/mol. The van der Waals surface area contributed by atoms with E-state index in [1.165, 1.54) is 11.3 Å². The van der Waals surface area contributed by atoms with Crippen molar-refractivity contribution >= 4 is 17.2 Å². The normalized spacial score (nSPS) is 12.0. The number of hydrogen-bond acceptors (Lipinski definition) is 6. The maximum atomic E-state index is 11.9. The highest BCUT2D eigenvalue weighted by Crippen LogP contribution is 2.31. The molecule has 6 nitrogen and oxygen atoms in total. The molecule has 3 aromatic heterocycles. The van der Waals surface area contributed by atoms with Crippen molar-refractivity contribution in [1.29, 1.82) is 0 Å². The van der Waals surface area contributed by atoms with Gasteiger partial charge in [-0.3, -0.25) is 10.1 Å². The molecule has 118 valence electrons. The van der Waals surface area contributed by atoms with Crippen LogP contribution in [0.1, 0.15) is 23.1 Å². The summed E-state index contributed by atoms with van der Waals surface area (Å²) in [5.41, 5.74) is 0.246. The van der Waals surface area contributed by atoms with E-state index in [9.17, 15) is 15.0 Å². The molecule has 23 heavy (non-hydrogen) atoms. The molecule has 0 fully saturated rings. The standard InChI is InChI=1S/C16H14N2O4S/c19-8-11-7-12(20)15(21)16(22-11)14(10-4-6-23-9-10)18-13-3-1-2-5-17-13/h1-7,9,14,19,21H,8H2,(H,17,18)/p+1/t14-/m1/s1. The van der Waals surface area contributed by atoms with Crippen molar-refractivity contribution in [2.75, 3.05) is 5.32 Å². The molecular weight excluding hydrogens is 316 g/mol. The van der Waals surface area contributed by atoms with E-state index in [2.05, 4.69) is 10.3 Å². The van der Waals surface area contributed by atoms with Gasteiger partial charge in [0.15, 0.2) is 11.8 Å². The minimum Gasteiger partial charge on any atom is -0.502 e. The Hall–Kier alpha value is -2.64. The van der Waals surface area contributed by atoms with Gasteiger partial charge in [-0.15, -0.1) is 0 Å². The number of H-pyrrole nitrogens is 1. The van der Waals surface area contributed by atoms with Crippen molar-refractivity contribution in [2.45, 2.75) is 12.6 Å². The maximum Gasteiger partial charge on any atom is 0.273 e. The molecule has 0 unspecified atom stereocenters. The van der Waals surface area contributed by atoms with Crippen LogP contribution in [-0.4, -0.2) is 10.2 Å². The molecule has 0 aliphatic heterocycles. The summed E-state index contributed by atoms with van der Waals surface area (Å²) in [5, 5.41) is 26.4. The summed E-state index contributed by atoms with van der Waals surface area (Å²) in [6.07, 6.45) is 1.76. The average Bonchev–Trinajstić information content (AvgIpc) is 3.10. The lowest BCUT2D eigenvalue weighted by atomic mass is 10.1. The Morgan fingerprint density at radius 1 is 1.35 bits per heavy atom. The van der Waals surface area contributed by atoms with Crippen LogP contribution in [0.2, 0.25) is 0 Å². The molecular formula is C16H15N2O4S+. The monoisotopic (exact) mass is 331 g/mol. The predicted octanol–water partition coefficient (Wildman–Crippen LogP) is 1.91. The number of thiophene rings is 1. The molecule has 0 amide bonds.